The SMILES string of the molecule is C[C@@H](NCC(C)(C)CCC#N)c1ccncc1. The molecular formula is C14H21N3. The van der Waals surface area contributed by atoms with Crippen LogP contribution in [0.25, 0.3) is 0 Å². The van der Waals surface area contributed by atoms with Crippen LogP contribution < -0.4 is 5.32 Å². The monoisotopic (exact) mass is 231 g/mol. The number of hydrogen-bond acceptors (Lipinski definition) is 3. The molecule has 0 unspecified atom stereocenters. The van der Waals surface area contributed by atoms with E-state index >= 15 is 0 Å². The van der Waals surface area contributed by atoms with Crippen molar-refractivity contribution in [1.82, 2.24) is 10.3 Å². The van der Waals surface area contributed by atoms with E-state index in [1.165, 1.54) is 5.56 Å². The van der Waals surface area contributed by atoms with Crippen molar-refractivity contribution < 1.29 is 0 Å². The third kappa shape index (κ3) is 4.97. The van der Waals surface area contributed by atoms with Gasteiger partial charge in [-0.2, -0.15) is 5.26 Å². The summed E-state index contributed by atoms with van der Waals surface area (Å²) in [6.45, 7) is 7.45. The number of nitrogens with one attached hydrogen (secondary N) is 1. The maximum Gasteiger partial charge on any atom is 0.0621 e. The third-order valence-electron chi connectivity index (χ3n) is 3.01. The van der Waals surface area contributed by atoms with Gasteiger partial charge in [-0.05, 0) is 36.5 Å². The van der Waals surface area contributed by atoms with Crippen LogP contribution in [-0.2, 0) is 0 Å². The molecule has 0 aliphatic heterocycles. The summed E-state index contributed by atoms with van der Waals surface area (Å²) in [4.78, 5) is 4.01. The first-order valence-corrected chi connectivity index (χ1v) is 6.05. The number of pyridine rings is 1. The Hall–Kier alpha value is -1.40. The second kappa shape index (κ2) is 6.36. The fourth-order valence-electron chi connectivity index (χ4n) is 1.68. The van der Waals surface area contributed by atoms with E-state index in [9.17, 15) is 0 Å². The average Bonchev–Trinajstić information content (AvgIpc) is 2.35. The lowest BCUT2D eigenvalue weighted by Gasteiger charge is -2.26. The Kier molecular flexibility index (Phi) is 5.11. The van der Waals surface area contributed by atoms with Gasteiger partial charge in [-0.25, -0.2) is 0 Å². The first kappa shape index (κ1) is 13.7. The molecule has 0 fully saturated rings. The zero-order valence-corrected chi connectivity index (χ0v) is 10.9. The molecule has 0 aliphatic rings. The summed E-state index contributed by atoms with van der Waals surface area (Å²) < 4.78 is 0. The standard InChI is InChI=1S/C14H21N3/c1-12(13-5-9-16-10-6-13)17-11-14(2,3)7-4-8-15/h5-6,9-10,12,17H,4,7,11H2,1-3H3/t12-/m1/s1. The highest BCUT2D eigenvalue weighted by molar-refractivity contribution is 5.13. The van der Waals surface area contributed by atoms with Crippen molar-refractivity contribution in [3.8, 4) is 6.07 Å². The summed E-state index contributed by atoms with van der Waals surface area (Å²) in [7, 11) is 0. The molecule has 0 aromatic carbocycles. The van der Waals surface area contributed by atoms with Gasteiger partial charge in [-0.1, -0.05) is 13.8 Å². The summed E-state index contributed by atoms with van der Waals surface area (Å²) in [5.74, 6) is 0. The van der Waals surface area contributed by atoms with Crippen molar-refractivity contribution in [3.05, 3.63) is 30.1 Å². The topological polar surface area (TPSA) is 48.7 Å². The molecule has 0 spiro atoms. The van der Waals surface area contributed by atoms with Crippen molar-refractivity contribution in [2.24, 2.45) is 5.41 Å². The quantitative estimate of drug-likeness (QED) is 0.818. The Balaban J connectivity index is 2.43. The van der Waals surface area contributed by atoms with Crippen molar-refractivity contribution in [2.75, 3.05) is 6.54 Å². The van der Waals surface area contributed by atoms with Crippen LogP contribution in [0.3, 0.4) is 0 Å². The molecule has 0 amide bonds. The zero-order valence-electron chi connectivity index (χ0n) is 10.9. The van der Waals surface area contributed by atoms with E-state index in [0.29, 0.717) is 12.5 Å². The van der Waals surface area contributed by atoms with Crippen molar-refractivity contribution in [1.29, 1.82) is 5.26 Å². The summed E-state index contributed by atoms with van der Waals surface area (Å²) in [6, 6.07) is 6.58. The second-order valence-electron chi connectivity index (χ2n) is 5.21. The van der Waals surface area contributed by atoms with E-state index in [0.717, 1.165) is 13.0 Å². The summed E-state index contributed by atoms with van der Waals surface area (Å²) in [6.07, 6.45) is 5.18. The molecule has 17 heavy (non-hydrogen) atoms. The van der Waals surface area contributed by atoms with Crippen LogP contribution in [0.5, 0.6) is 0 Å². The fraction of sp³-hybridized carbons (Fsp3) is 0.571. The van der Waals surface area contributed by atoms with Crippen LogP contribution in [-0.4, -0.2) is 11.5 Å². The summed E-state index contributed by atoms with van der Waals surface area (Å²) in [5.41, 5.74) is 1.41. The highest BCUT2D eigenvalue weighted by Gasteiger charge is 2.18. The molecule has 1 heterocycles. The van der Waals surface area contributed by atoms with Gasteiger partial charge in [0.2, 0.25) is 0 Å². The zero-order chi connectivity index (χ0) is 12.7. The van der Waals surface area contributed by atoms with Gasteiger partial charge in [0, 0.05) is 31.4 Å². The van der Waals surface area contributed by atoms with Crippen molar-refractivity contribution >= 4 is 0 Å². The number of aromatic nitrogens is 1. The predicted octanol–water partition coefficient (Wildman–Crippen LogP) is 3.06. The average molecular weight is 231 g/mol. The van der Waals surface area contributed by atoms with E-state index < -0.39 is 0 Å². The van der Waals surface area contributed by atoms with Crippen LogP contribution in [0.1, 0.15) is 45.2 Å². The van der Waals surface area contributed by atoms with Crippen LogP contribution >= 0.6 is 0 Å². The van der Waals surface area contributed by atoms with Crippen LogP contribution in [0.2, 0.25) is 0 Å². The summed E-state index contributed by atoms with van der Waals surface area (Å²) in [5, 5.41) is 12.1. The van der Waals surface area contributed by atoms with E-state index in [1.54, 1.807) is 0 Å². The largest absolute Gasteiger partial charge is 0.310 e. The fourth-order valence-corrected chi connectivity index (χ4v) is 1.68. The Labute approximate surface area is 104 Å². The Morgan fingerprint density at radius 2 is 2.06 bits per heavy atom. The lowest BCUT2D eigenvalue weighted by Crippen LogP contribution is -2.31. The molecule has 0 aliphatic carbocycles. The first-order chi connectivity index (χ1) is 8.05. The lowest BCUT2D eigenvalue weighted by molar-refractivity contribution is 0.305. The predicted molar refractivity (Wildman–Crippen MR) is 69.3 cm³/mol. The normalized spacial score (nSPS) is 13.1. The maximum absolute atomic E-state index is 8.61. The van der Waals surface area contributed by atoms with Gasteiger partial charge in [0.1, 0.15) is 0 Å². The molecule has 3 nitrogen and oxygen atoms in total. The van der Waals surface area contributed by atoms with Gasteiger partial charge in [0.25, 0.3) is 0 Å². The third-order valence-corrected chi connectivity index (χ3v) is 3.01. The molecule has 0 bridgehead atoms. The number of nitrogens with zero attached hydrogens (tertiary/aromatic N) is 2. The van der Waals surface area contributed by atoms with Crippen molar-refractivity contribution in [3.63, 3.8) is 0 Å². The highest BCUT2D eigenvalue weighted by atomic mass is 14.9. The Bertz CT molecular complexity index is 365. The van der Waals surface area contributed by atoms with Gasteiger partial charge in [0.05, 0.1) is 6.07 Å². The second-order valence-corrected chi connectivity index (χ2v) is 5.21. The van der Waals surface area contributed by atoms with Crippen LogP contribution in [0.4, 0.5) is 0 Å². The summed E-state index contributed by atoms with van der Waals surface area (Å²) >= 11 is 0. The molecular weight excluding hydrogens is 210 g/mol. The van der Waals surface area contributed by atoms with E-state index in [2.05, 4.69) is 37.1 Å². The molecule has 1 aromatic heterocycles. The van der Waals surface area contributed by atoms with E-state index in [-0.39, 0.29) is 5.41 Å². The van der Waals surface area contributed by atoms with E-state index in [1.807, 2.05) is 24.5 Å². The van der Waals surface area contributed by atoms with Gasteiger partial charge < -0.3 is 5.32 Å². The molecule has 0 saturated heterocycles. The Morgan fingerprint density at radius 1 is 1.41 bits per heavy atom. The molecule has 0 saturated carbocycles. The number of rotatable bonds is 6. The minimum atomic E-state index is 0.164. The van der Waals surface area contributed by atoms with Crippen LogP contribution in [0, 0.1) is 16.7 Å². The molecule has 1 aromatic rings. The molecule has 1 N–H and O–H groups in total. The van der Waals surface area contributed by atoms with E-state index in [4.69, 9.17) is 5.26 Å². The minimum absolute atomic E-state index is 0.164. The highest BCUT2D eigenvalue weighted by Crippen LogP contribution is 2.22. The number of nitriles is 1. The molecule has 3 heteroatoms. The van der Waals surface area contributed by atoms with Gasteiger partial charge in [-0.3, -0.25) is 4.98 Å². The van der Waals surface area contributed by atoms with Gasteiger partial charge >= 0.3 is 0 Å². The van der Waals surface area contributed by atoms with Crippen molar-refractivity contribution in [2.45, 2.75) is 39.7 Å². The van der Waals surface area contributed by atoms with Gasteiger partial charge in [0.15, 0.2) is 0 Å². The minimum Gasteiger partial charge on any atom is -0.310 e. The lowest BCUT2D eigenvalue weighted by atomic mass is 9.87. The van der Waals surface area contributed by atoms with Crippen LogP contribution in [0.15, 0.2) is 24.5 Å². The molecule has 1 atom stereocenters. The smallest absolute Gasteiger partial charge is 0.0621 e. The molecule has 1 rings (SSSR count). The molecule has 0 radical (unpaired) electrons. The van der Waals surface area contributed by atoms with Gasteiger partial charge in [-0.15, -0.1) is 0 Å². The maximum atomic E-state index is 8.61. The number of hydrogen-bond donors (Lipinski definition) is 1. The molecule has 92 valence electrons. The first-order valence-electron chi connectivity index (χ1n) is 6.05. The Morgan fingerprint density at radius 3 is 2.65 bits per heavy atom.